The number of piperidine rings is 1. The Morgan fingerprint density at radius 1 is 1.50 bits per heavy atom. The predicted molar refractivity (Wildman–Crippen MR) is 62.9 cm³/mol. The molecule has 1 saturated heterocycles. The molecule has 1 amide bonds. The summed E-state index contributed by atoms with van der Waals surface area (Å²) >= 11 is 6.00. The molecule has 1 aromatic rings. The molecule has 1 fully saturated rings. The molecule has 4 heteroatoms. The number of halogens is 1. The molecule has 1 aromatic heterocycles. The van der Waals surface area contributed by atoms with Crippen molar-refractivity contribution in [2.75, 3.05) is 13.1 Å². The van der Waals surface area contributed by atoms with E-state index in [9.17, 15) is 4.79 Å². The van der Waals surface area contributed by atoms with Gasteiger partial charge in [-0.05, 0) is 25.0 Å². The highest BCUT2D eigenvalue weighted by molar-refractivity contribution is 6.20. The van der Waals surface area contributed by atoms with E-state index >= 15 is 0 Å². The van der Waals surface area contributed by atoms with Gasteiger partial charge in [0.1, 0.15) is 5.76 Å². The van der Waals surface area contributed by atoms with Crippen molar-refractivity contribution in [1.82, 2.24) is 4.90 Å². The average Bonchev–Trinajstić information content (AvgIpc) is 2.77. The quantitative estimate of drug-likeness (QED) is 0.746. The first-order valence-electron chi connectivity index (χ1n) is 5.72. The maximum Gasteiger partial charge on any atom is 0.289 e. The van der Waals surface area contributed by atoms with Gasteiger partial charge in [-0.2, -0.15) is 0 Å². The van der Waals surface area contributed by atoms with Crippen LogP contribution in [0.5, 0.6) is 0 Å². The van der Waals surface area contributed by atoms with E-state index in [1.165, 1.54) is 0 Å². The standard InChI is InChI=1S/C12H16ClNO2/c1-2-10-3-4-11(16-10)12(15)14-7-5-9(13)6-8-14/h3-4,9H,2,5-8H2,1H3. The molecule has 0 aromatic carbocycles. The van der Waals surface area contributed by atoms with E-state index in [0.29, 0.717) is 5.76 Å². The minimum atomic E-state index is -0.0109. The lowest BCUT2D eigenvalue weighted by atomic mass is 10.1. The van der Waals surface area contributed by atoms with Gasteiger partial charge in [-0.3, -0.25) is 4.79 Å². The van der Waals surface area contributed by atoms with Crippen LogP contribution in [-0.2, 0) is 6.42 Å². The van der Waals surface area contributed by atoms with E-state index in [1.54, 1.807) is 6.07 Å². The van der Waals surface area contributed by atoms with Gasteiger partial charge >= 0.3 is 0 Å². The third kappa shape index (κ3) is 2.40. The molecule has 1 aliphatic heterocycles. The van der Waals surface area contributed by atoms with Gasteiger partial charge in [0, 0.05) is 24.9 Å². The Morgan fingerprint density at radius 2 is 2.19 bits per heavy atom. The molecule has 0 spiro atoms. The topological polar surface area (TPSA) is 33.5 Å². The van der Waals surface area contributed by atoms with Crippen LogP contribution in [0.15, 0.2) is 16.5 Å². The second-order valence-corrected chi connectivity index (χ2v) is 4.70. The largest absolute Gasteiger partial charge is 0.456 e. The van der Waals surface area contributed by atoms with Gasteiger partial charge in [0.15, 0.2) is 5.76 Å². The van der Waals surface area contributed by atoms with Gasteiger partial charge in [0.2, 0.25) is 0 Å². The fourth-order valence-corrected chi connectivity index (χ4v) is 2.08. The number of rotatable bonds is 2. The van der Waals surface area contributed by atoms with E-state index in [2.05, 4.69) is 0 Å². The molecule has 2 heterocycles. The molecule has 0 aliphatic carbocycles. The predicted octanol–water partition coefficient (Wildman–Crippen LogP) is 2.69. The van der Waals surface area contributed by atoms with E-state index < -0.39 is 0 Å². The molecule has 0 N–H and O–H groups in total. The number of furan rings is 1. The van der Waals surface area contributed by atoms with Crippen LogP contribution in [0.25, 0.3) is 0 Å². The summed E-state index contributed by atoms with van der Waals surface area (Å²) in [7, 11) is 0. The third-order valence-corrected chi connectivity index (χ3v) is 3.37. The molecular weight excluding hydrogens is 226 g/mol. The smallest absolute Gasteiger partial charge is 0.289 e. The van der Waals surface area contributed by atoms with Crippen molar-refractivity contribution in [2.45, 2.75) is 31.6 Å². The first-order chi connectivity index (χ1) is 7.70. The Kier molecular flexibility index (Phi) is 3.54. The average molecular weight is 242 g/mol. The lowest BCUT2D eigenvalue weighted by Crippen LogP contribution is -2.38. The van der Waals surface area contributed by atoms with Crippen LogP contribution < -0.4 is 0 Å². The Hall–Kier alpha value is -0.960. The molecule has 0 atom stereocenters. The lowest BCUT2D eigenvalue weighted by molar-refractivity contribution is 0.0692. The molecule has 1 aliphatic rings. The SMILES string of the molecule is CCc1ccc(C(=O)N2CCC(Cl)CC2)o1. The van der Waals surface area contributed by atoms with Gasteiger partial charge in [-0.25, -0.2) is 0 Å². The van der Waals surface area contributed by atoms with E-state index in [4.69, 9.17) is 16.0 Å². The molecule has 0 saturated carbocycles. The van der Waals surface area contributed by atoms with Crippen molar-refractivity contribution in [2.24, 2.45) is 0 Å². The van der Waals surface area contributed by atoms with Crippen LogP contribution >= 0.6 is 11.6 Å². The highest BCUT2D eigenvalue weighted by Gasteiger charge is 2.24. The number of carbonyl (C=O) groups excluding carboxylic acids is 1. The Balaban J connectivity index is 2.01. The summed E-state index contributed by atoms with van der Waals surface area (Å²) in [5, 5.41) is 0.215. The van der Waals surface area contributed by atoms with Crippen molar-refractivity contribution in [1.29, 1.82) is 0 Å². The van der Waals surface area contributed by atoms with Gasteiger partial charge in [-0.1, -0.05) is 6.92 Å². The van der Waals surface area contributed by atoms with Crippen molar-refractivity contribution in [3.63, 3.8) is 0 Å². The van der Waals surface area contributed by atoms with Crippen LogP contribution in [-0.4, -0.2) is 29.3 Å². The summed E-state index contributed by atoms with van der Waals surface area (Å²) in [6.45, 7) is 3.47. The summed E-state index contributed by atoms with van der Waals surface area (Å²) in [5.74, 6) is 1.30. The number of amides is 1. The maximum absolute atomic E-state index is 12.0. The molecule has 2 rings (SSSR count). The van der Waals surface area contributed by atoms with Crippen LogP contribution in [0.4, 0.5) is 0 Å². The van der Waals surface area contributed by atoms with Gasteiger partial charge in [0.05, 0.1) is 0 Å². The highest BCUT2D eigenvalue weighted by atomic mass is 35.5. The van der Waals surface area contributed by atoms with E-state index in [1.807, 2.05) is 17.9 Å². The Morgan fingerprint density at radius 3 is 2.75 bits per heavy atom. The normalized spacial score (nSPS) is 17.8. The number of carbonyl (C=O) groups is 1. The zero-order chi connectivity index (χ0) is 11.5. The summed E-state index contributed by atoms with van der Waals surface area (Å²) < 4.78 is 5.45. The molecule has 0 radical (unpaired) electrons. The second kappa shape index (κ2) is 4.91. The maximum atomic E-state index is 12.0. The lowest BCUT2D eigenvalue weighted by Gasteiger charge is -2.28. The number of aryl methyl sites for hydroxylation is 1. The molecule has 88 valence electrons. The van der Waals surface area contributed by atoms with Crippen molar-refractivity contribution < 1.29 is 9.21 Å². The molecule has 3 nitrogen and oxygen atoms in total. The first kappa shape index (κ1) is 11.5. The third-order valence-electron chi connectivity index (χ3n) is 2.93. The zero-order valence-corrected chi connectivity index (χ0v) is 10.2. The molecule has 0 unspecified atom stereocenters. The fraction of sp³-hybridized carbons (Fsp3) is 0.583. The van der Waals surface area contributed by atoms with Crippen molar-refractivity contribution in [3.05, 3.63) is 23.7 Å². The highest BCUT2D eigenvalue weighted by Crippen LogP contribution is 2.18. The molecular formula is C12H16ClNO2. The first-order valence-corrected chi connectivity index (χ1v) is 6.16. The van der Waals surface area contributed by atoms with Gasteiger partial charge in [-0.15, -0.1) is 11.6 Å². The minimum Gasteiger partial charge on any atom is -0.456 e. The van der Waals surface area contributed by atoms with Crippen LogP contribution in [0.3, 0.4) is 0 Å². The van der Waals surface area contributed by atoms with E-state index in [0.717, 1.165) is 38.1 Å². The molecule has 0 bridgehead atoms. The Labute approximate surface area is 100 Å². The van der Waals surface area contributed by atoms with Crippen LogP contribution in [0.1, 0.15) is 36.1 Å². The zero-order valence-electron chi connectivity index (χ0n) is 9.41. The minimum absolute atomic E-state index is 0.0109. The number of alkyl halides is 1. The summed E-state index contributed by atoms with van der Waals surface area (Å²) in [6, 6.07) is 3.62. The van der Waals surface area contributed by atoms with Gasteiger partial charge in [0.25, 0.3) is 5.91 Å². The van der Waals surface area contributed by atoms with Gasteiger partial charge < -0.3 is 9.32 Å². The van der Waals surface area contributed by atoms with Crippen molar-refractivity contribution in [3.8, 4) is 0 Å². The number of nitrogens with zero attached hydrogens (tertiary/aromatic N) is 1. The summed E-state index contributed by atoms with van der Waals surface area (Å²) in [4.78, 5) is 13.8. The monoisotopic (exact) mass is 241 g/mol. The number of hydrogen-bond acceptors (Lipinski definition) is 2. The Bertz CT molecular complexity index is 367. The van der Waals surface area contributed by atoms with Crippen LogP contribution in [0.2, 0.25) is 0 Å². The van der Waals surface area contributed by atoms with Crippen LogP contribution in [0, 0.1) is 0 Å². The van der Waals surface area contributed by atoms with Crippen molar-refractivity contribution >= 4 is 17.5 Å². The number of hydrogen-bond donors (Lipinski definition) is 0. The molecule has 16 heavy (non-hydrogen) atoms. The second-order valence-electron chi connectivity index (χ2n) is 4.09. The summed E-state index contributed by atoms with van der Waals surface area (Å²) in [5.41, 5.74) is 0. The number of likely N-dealkylation sites (tertiary alicyclic amines) is 1. The van der Waals surface area contributed by atoms with E-state index in [-0.39, 0.29) is 11.3 Å². The fourth-order valence-electron chi connectivity index (χ4n) is 1.89. The summed E-state index contributed by atoms with van der Waals surface area (Å²) in [6.07, 6.45) is 2.56.